The Kier molecular flexibility index (Phi) is 5.43. The number of nitrogens with zero attached hydrogens (tertiary/aromatic N) is 1. The summed E-state index contributed by atoms with van der Waals surface area (Å²) in [6.07, 6.45) is 0.294. The van der Waals surface area contributed by atoms with E-state index in [-0.39, 0.29) is 43.7 Å². The first kappa shape index (κ1) is 14.0. The topological polar surface area (TPSA) is 86.7 Å². The van der Waals surface area contributed by atoms with Gasteiger partial charge in [-0.15, -0.1) is 11.8 Å². The lowest BCUT2D eigenvalue weighted by Gasteiger charge is -2.13. The molecule has 17 heavy (non-hydrogen) atoms. The number of carbonyl (C=O) groups excluding carboxylic acids is 3. The van der Waals surface area contributed by atoms with Crippen LogP contribution in [0.2, 0.25) is 0 Å². The number of imide groups is 1. The zero-order valence-electron chi connectivity index (χ0n) is 9.64. The quantitative estimate of drug-likeness (QED) is 0.597. The van der Waals surface area contributed by atoms with Crippen molar-refractivity contribution in [2.24, 2.45) is 0 Å². The SMILES string of the molecule is CNC(=O)CCN1C(=O)CC(SCCO)C1=O. The molecule has 0 radical (unpaired) electrons. The van der Waals surface area contributed by atoms with Crippen LogP contribution in [0.5, 0.6) is 0 Å². The summed E-state index contributed by atoms with van der Waals surface area (Å²) in [6, 6.07) is 0. The summed E-state index contributed by atoms with van der Waals surface area (Å²) in [6.45, 7) is 0.119. The summed E-state index contributed by atoms with van der Waals surface area (Å²) < 4.78 is 0. The predicted octanol–water partition coefficient (Wildman–Crippen LogP) is -1.02. The van der Waals surface area contributed by atoms with Gasteiger partial charge in [-0.2, -0.15) is 0 Å². The third-order valence-electron chi connectivity index (χ3n) is 2.45. The van der Waals surface area contributed by atoms with Gasteiger partial charge in [0, 0.05) is 32.2 Å². The molecular weight excluding hydrogens is 244 g/mol. The van der Waals surface area contributed by atoms with E-state index in [4.69, 9.17) is 5.11 Å². The number of hydrogen-bond acceptors (Lipinski definition) is 5. The first-order valence-corrected chi connectivity index (χ1v) is 6.42. The zero-order valence-corrected chi connectivity index (χ0v) is 10.5. The van der Waals surface area contributed by atoms with E-state index < -0.39 is 5.25 Å². The van der Waals surface area contributed by atoms with Crippen molar-refractivity contribution in [3.63, 3.8) is 0 Å². The van der Waals surface area contributed by atoms with Crippen LogP contribution in [0.4, 0.5) is 0 Å². The molecule has 0 aromatic carbocycles. The highest BCUT2D eigenvalue weighted by molar-refractivity contribution is 8.00. The van der Waals surface area contributed by atoms with Gasteiger partial charge in [0.15, 0.2) is 0 Å². The largest absolute Gasteiger partial charge is 0.396 e. The van der Waals surface area contributed by atoms with Gasteiger partial charge in [-0.3, -0.25) is 19.3 Å². The van der Waals surface area contributed by atoms with Crippen LogP contribution in [0.1, 0.15) is 12.8 Å². The Morgan fingerprint density at radius 3 is 2.88 bits per heavy atom. The maximum Gasteiger partial charge on any atom is 0.242 e. The number of likely N-dealkylation sites (tertiary alicyclic amines) is 1. The van der Waals surface area contributed by atoms with Crippen molar-refractivity contribution in [2.45, 2.75) is 18.1 Å². The molecule has 2 N–H and O–H groups in total. The van der Waals surface area contributed by atoms with Crippen molar-refractivity contribution in [3.05, 3.63) is 0 Å². The molecule has 1 atom stereocenters. The monoisotopic (exact) mass is 260 g/mol. The highest BCUT2D eigenvalue weighted by Crippen LogP contribution is 2.24. The molecule has 7 heteroatoms. The Labute approximate surface area is 104 Å². The first-order valence-electron chi connectivity index (χ1n) is 5.37. The van der Waals surface area contributed by atoms with Gasteiger partial charge in [0.2, 0.25) is 17.7 Å². The minimum atomic E-state index is -0.403. The second-order valence-electron chi connectivity index (χ2n) is 3.59. The van der Waals surface area contributed by atoms with Gasteiger partial charge in [-0.25, -0.2) is 0 Å². The molecule has 1 heterocycles. The Hall–Kier alpha value is -1.08. The van der Waals surface area contributed by atoms with Gasteiger partial charge < -0.3 is 10.4 Å². The molecule has 1 aliphatic rings. The smallest absolute Gasteiger partial charge is 0.242 e. The normalized spacial score (nSPS) is 19.9. The fourth-order valence-corrected chi connectivity index (χ4v) is 2.47. The molecule has 1 rings (SSSR count). The highest BCUT2D eigenvalue weighted by Gasteiger charge is 2.38. The van der Waals surface area contributed by atoms with Crippen LogP contribution in [0.25, 0.3) is 0 Å². The molecule has 0 aromatic rings. The van der Waals surface area contributed by atoms with Crippen LogP contribution in [-0.4, -0.2) is 58.9 Å². The first-order chi connectivity index (χ1) is 8.10. The zero-order chi connectivity index (χ0) is 12.8. The number of thioether (sulfide) groups is 1. The minimum absolute atomic E-state index is 0.0130. The number of carbonyl (C=O) groups is 3. The Bertz CT molecular complexity index is 321. The average Bonchev–Trinajstić information content (AvgIpc) is 2.59. The van der Waals surface area contributed by atoms with Crippen LogP contribution in [0.15, 0.2) is 0 Å². The van der Waals surface area contributed by atoms with Crippen molar-refractivity contribution in [3.8, 4) is 0 Å². The molecule has 1 aliphatic heterocycles. The molecule has 3 amide bonds. The summed E-state index contributed by atoms with van der Waals surface area (Å²) in [5.74, 6) is -0.253. The Morgan fingerprint density at radius 2 is 2.29 bits per heavy atom. The van der Waals surface area contributed by atoms with Crippen molar-refractivity contribution >= 4 is 29.5 Å². The molecule has 6 nitrogen and oxygen atoms in total. The van der Waals surface area contributed by atoms with E-state index in [0.717, 1.165) is 4.90 Å². The molecule has 96 valence electrons. The van der Waals surface area contributed by atoms with Gasteiger partial charge in [0.25, 0.3) is 0 Å². The lowest BCUT2D eigenvalue weighted by molar-refractivity contribution is -0.138. The van der Waals surface area contributed by atoms with E-state index >= 15 is 0 Å². The van der Waals surface area contributed by atoms with Gasteiger partial charge in [0.1, 0.15) is 0 Å². The van der Waals surface area contributed by atoms with Gasteiger partial charge in [0.05, 0.1) is 11.9 Å². The number of amides is 3. The molecule has 0 spiro atoms. The summed E-state index contributed by atoms with van der Waals surface area (Å²) in [5.41, 5.74) is 0. The van der Waals surface area contributed by atoms with Crippen LogP contribution < -0.4 is 5.32 Å². The van der Waals surface area contributed by atoms with Crippen LogP contribution in [0, 0.1) is 0 Å². The fourth-order valence-electron chi connectivity index (χ4n) is 1.55. The van der Waals surface area contributed by atoms with Crippen LogP contribution in [0.3, 0.4) is 0 Å². The van der Waals surface area contributed by atoms with E-state index in [1.165, 1.54) is 18.8 Å². The lowest BCUT2D eigenvalue weighted by atomic mass is 10.3. The van der Waals surface area contributed by atoms with E-state index in [1.807, 2.05) is 0 Å². The van der Waals surface area contributed by atoms with Crippen LogP contribution >= 0.6 is 11.8 Å². The maximum absolute atomic E-state index is 11.8. The van der Waals surface area contributed by atoms with E-state index in [1.54, 1.807) is 0 Å². The number of nitrogens with one attached hydrogen (secondary N) is 1. The molecule has 0 bridgehead atoms. The second-order valence-corrected chi connectivity index (χ2v) is 4.90. The average molecular weight is 260 g/mol. The maximum atomic E-state index is 11.8. The van der Waals surface area contributed by atoms with Gasteiger partial charge in [-0.1, -0.05) is 0 Å². The molecule has 0 saturated carbocycles. The molecule has 0 aromatic heterocycles. The number of aliphatic hydroxyl groups excluding tert-OH is 1. The summed E-state index contributed by atoms with van der Waals surface area (Å²) in [7, 11) is 1.51. The van der Waals surface area contributed by atoms with Crippen molar-refractivity contribution in [1.82, 2.24) is 10.2 Å². The standard InChI is InChI=1S/C10H16N2O4S/c1-11-8(14)2-3-12-9(15)6-7(10(12)16)17-5-4-13/h7,13H,2-6H2,1H3,(H,11,14). The predicted molar refractivity (Wildman–Crippen MR) is 63.4 cm³/mol. The minimum Gasteiger partial charge on any atom is -0.396 e. The molecule has 1 unspecified atom stereocenters. The lowest BCUT2D eigenvalue weighted by Crippen LogP contribution is -2.35. The summed E-state index contributed by atoms with van der Waals surface area (Å²) in [4.78, 5) is 35.5. The Balaban J connectivity index is 2.47. The highest BCUT2D eigenvalue weighted by atomic mass is 32.2. The van der Waals surface area contributed by atoms with E-state index in [9.17, 15) is 14.4 Å². The second kappa shape index (κ2) is 6.61. The third kappa shape index (κ3) is 3.71. The number of rotatable bonds is 6. The summed E-state index contributed by atoms with van der Waals surface area (Å²) >= 11 is 1.28. The summed E-state index contributed by atoms with van der Waals surface area (Å²) in [5, 5.41) is 10.7. The Morgan fingerprint density at radius 1 is 1.59 bits per heavy atom. The molecule has 1 saturated heterocycles. The third-order valence-corrected chi connectivity index (χ3v) is 3.64. The van der Waals surface area contributed by atoms with Crippen molar-refractivity contribution < 1.29 is 19.5 Å². The van der Waals surface area contributed by atoms with E-state index in [2.05, 4.69) is 5.32 Å². The van der Waals surface area contributed by atoms with Crippen LogP contribution in [-0.2, 0) is 14.4 Å². The van der Waals surface area contributed by atoms with Gasteiger partial charge in [-0.05, 0) is 0 Å². The molecule has 0 aliphatic carbocycles. The molecular formula is C10H16N2O4S. The van der Waals surface area contributed by atoms with Crippen molar-refractivity contribution in [1.29, 1.82) is 0 Å². The fraction of sp³-hybridized carbons (Fsp3) is 0.700. The molecule has 1 fully saturated rings. The van der Waals surface area contributed by atoms with Gasteiger partial charge >= 0.3 is 0 Å². The van der Waals surface area contributed by atoms with E-state index in [0.29, 0.717) is 5.75 Å². The van der Waals surface area contributed by atoms with Crippen molar-refractivity contribution in [2.75, 3.05) is 26.0 Å². The number of aliphatic hydroxyl groups is 1. The number of hydrogen-bond donors (Lipinski definition) is 2.